The highest BCUT2D eigenvalue weighted by Crippen LogP contribution is 2.41. The van der Waals surface area contributed by atoms with Gasteiger partial charge in [0.05, 0.1) is 19.6 Å². The number of carbonyl (C=O) groups excluding carboxylic acids is 1. The zero-order chi connectivity index (χ0) is 21.8. The van der Waals surface area contributed by atoms with Crippen LogP contribution in [0.3, 0.4) is 0 Å². The Morgan fingerprint density at radius 2 is 1.77 bits per heavy atom. The molecule has 0 bridgehead atoms. The van der Waals surface area contributed by atoms with Crippen molar-refractivity contribution in [3.05, 3.63) is 53.9 Å². The first kappa shape index (κ1) is 20.8. The number of tetrazole rings is 1. The maximum Gasteiger partial charge on any atom is 0.235 e. The summed E-state index contributed by atoms with van der Waals surface area (Å²) in [5, 5.41) is 14.8. The molecule has 0 spiro atoms. The number of hydrogen-bond donors (Lipinski definition) is 1. The van der Waals surface area contributed by atoms with Gasteiger partial charge in [-0.05, 0) is 66.1 Å². The Kier molecular flexibility index (Phi) is 5.88. The molecule has 1 aliphatic carbocycles. The molecule has 1 saturated carbocycles. The summed E-state index contributed by atoms with van der Waals surface area (Å²) in [6.45, 7) is 1.81. The van der Waals surface area contributed by atoms with E-state index in [4.69, 9.17) is 9.47 Å². The van der Waals surface area contributed by atoms with Crippen LogP contribution in [0.5, 0.6) is 11.5 Å². The number of methoxy groups -OCH3 is 2. The zero-order valence-electron chi connectivity index (χ0n) is 18.1. The number of nitrogens with one attached hydrogen (secondary N) is 1. The summed E-state index contributed by atoms with van der Waals surface area (Å²) >= 11 is 0. The first-order chi connectivity index (χ1) is 15.1. The lowest BCUT2D eigenvalue weighted by Gasteiger charge is -2.36. The van der Waals surface area contributed by atoms with Crippen LogP contribution in [0.4, 0.5) is 5.69 Å². The van der Waals surface area contributed by atoms with Crippen LogP contribution in [-0.2, 0) is 10.2 Å². The standard InChI is InChI=1S/C23H27N5O3/c1-16-25-26-27-28(16)20-15-18(9-12-21(20)31-3)24-22(29)23(13-5-4-6-14-23)17-7-10-19(30-2)11-8-17/h7-12,15H,4-6,13-14H2,1-3H3,(H,24,29). The Morgan fingerprint density at radius 1 is 1.03 bits per heavy atom. The van der Waals surface area contributed by atoms with E-state index in [9.17, 15) is 4.79 Å². The van der Waals surface area contributed by atoms with Crippen molar-refractivity contribution in [2.24, 2.45) is 0 Å². The molecule has 0 radical (unpaired) electrons. The van der Waals surface area contributed by atoms with Gasteiger partial charge < -0.3 is 14.8 Å². The van der Waals surface area contributed by atoms with Crippen molar-refractivity contribution in [3.63, 3.8) is 0 Å². The third-order valence-electron chi connectivity index (χ3n) is 6.07. The van der Waals surface area contributed by atoms with Crippen LogP contribution >= 0.6 is 0 Å². The highest BCUT2D eigenvalue weighted by atomic mass is 16.5. The number of benzene rings is 2. The summed E-state index contributed by atoms with van der Waals surface area (Å²) in [6, 6.07) is 13.3. The fourth-order valence-corrected chi connectivity index (χ4v) is 4.35. The lowest BCUT2D eigenvalue weighted by Crippen LogP contribution is -2.42. The molecule has 3 aromatic rings. The first-order valence-electron chi connectivity index (χ1n) is 10.5. The van der Waals surface area contributed by atoms with Gasteiger partial charge in [-0.25, -0.2) is 0 Å². The molecule has 4 rings (SSSR count). The number of amides is 1. The number of hydrogen-bond acceptors (Lipinski definition) is 6. The fourth-order valence-electron chi connectivity index (χ4n) is 4.35. The van der Waals surface area contributed by atoms with Gasteiger partial charge in [0.15, 0.2) is 5.82 Å². The van der Waals surface area contributed by atoms with Crippen molar-refractivity contribution < 1.29 is 14.3 Å². The summed E-state index contributed by atoms with van der Waals surface area (Å²) in [5.74, 6) is 2.04. The fraction of sp³-hybridized carbons (Fsp3) is 0.391. The number of anilines is 1. The van der Waals surface area contributed by atoms with Crippen LogP contribution in [0.25, 0.3) is 5.69 Å². The summed E-state index contributed by atoms with van der Waals surface area (Å²) in [4.78, 5) is 13.6. The van der Waals surface area contributed by atoms with Crippen LogP contribution in [0.15, 0.2) is 42.5 Å². The summed E-state index contributed by atoms with van der Waals surface area (Å²) in [7, 11) is 3.24. The maximum absolute atomic E-state index is 13.6. The van der Waals surface area contributed by atoms with Crippen LogP contribution in [0.2, 0.25) is 0 Å². The molecular weight excluding hydrogens is 394 g/mol. The number of carbonyl (C=O) groups is 1. The van der Waals surface area contributed by atoms with Gasteiger partial charge >= 0.3 is 0 Å². The molecule has 0 atom stereocenters. The van der Waals surface area contributed by atoms with Gasteiger partial charge in [0.25, 0.3) is 0 Å². The summed E-state index contributed by atoms with van der Waals surface area (Å²) in [6.07, 6.45) is 4.84. The molecule has 0 aliphatic heterocycles. The molecule has 1 aromatic heterocycles. The van der Waals surface area contributed by atoms with Crippen molar-refractivity contribution >= 4 is 11.6 Å². The van der Waals surface area contributed by atoms with E-state index in [1.807, 2.05) is 49.4 Å². The predicted octanol–water partition coefficient (Wildman–Crippen LogP) is 3.83. The van der Waals surface area contributed by atoms with Crippen molar-refractivity contribution in [1.29, 1.82) is 0 Å². The molecule has 0 saturated heterocycles. The van der Waals surface area contributed by atoms with Gasteiger partial charge in [0, 0.05) is 5.69 Å². The minimum Gasteiger partial charge on any atom is -0.497 e. The van der Waals surface area contributed by atoms with Crippen LogP contribution < -0.4 is 14.8 Å². The zero-order valence-corrected chi connectivity index (χ0v) is 18.1. The summed E-state index contributed by atoms with van der Waals surface area (Å²) in [5.41, 5.74) is 1.81. The van der Waals surface area contributed by atoms with Crippen molar-refractivity contribution in [2.75, 3.05) is 19.5 Å². The lowest BCUT2D eigenvalue weighted by atomic mass is 9.68. The highest BCUT2D eigenvalue weighted by Gasteiger charge is 2.41. The molecule has 1 heterocycles. The average molecular weight is 422 g/mol. The molecule has 8 nitrogen and oxygen atoms in total. The molecule has 8 heteroatoms. The number of rotatable bonds is 6. The largest absolute Gasteiger partial charge is 0.497 e. The van der Waals surface area contributed by atoms with E-state index in [2.05, 4.69) is 20.8 Å². The number of nitrogens with zero attached hydrogens (tertiary/aromatic N) is 4. The molecule has 162 valence electrons. The minimum absolute atomic E-state index is 0.00178. The van der Waals surface area contributed by atoms with E-state index < -0.39 is 5.41 Å². The van der Waals surface area contributed by atoms with E-state index in [1.165, 1.54) is 0 Å². The molecule has 0 unspecified atom stereocenters. The average Bonchev–Trinajstić information content (AvgIpc) is 3.25. The molecule has 1 aliphatic rings. The quantitative estimate of drug-likeness (QED) is 0.650. The van der Waals surface area contributed by atoms with Gasteiger partial charge in [0.1, 0.15) is 17.2 Å². The van der Waals surface area contributed by atoms with Gasteiger partial charge in [0.2, 0.25) is 5.91 Å². The third kappa shape index (κ3) is 3.97. The smallest absolute Gasteiger partial charge is 0.235 e. The van der Waals surface area contributed by atoms with Crippen molar-refractivity contribution in [1.82, 2.24) is 20.2 Å². The van der Waals surface area contributed by atoms with E-state index in [-0.39, 0.29) is 5.91 Å². The Labute approximate surface area is 181 Å². The molecular formula is C23H27N5O3. The maximum atomic E-state index is 13.6. The van der Waals surface area contributed by atoms with Gasteiger partial charge in [-0.2, -0.15) is 4.68 Å². The Hall–Kier alpha value is -3.42. The minimum atomic E-state index is -0.560. The van der Waals surface area contributed by atoms with Gasteiger partial charge in [-0.3, -0.25) is 4.79 Å². The van der Waals surface area contributed by atoms with E-state index in [1.54, 1.807) is 18.9 Å². The molecule has 1 fully saturated rings. The second-order valence-corrected chi connectivity index (χ2v) is 7.85. The normalized spacial score (nSPS) is 15.3. The summed E-state index contributed by atoms with van der Waals surface area (Å²) < 4.78 is 12.4. The Bertz CT molecular complexity index is 1060. The monoisotopic (exact) mass is 421 g/mol. The molecule has 31 heavy (non-hydrogen) atoms. The van der Waals surface area contributed by atoms with E-state index in [0.717, 1.165) is 43.4 Å². The number of aryl methyl sites for hydroxylation is 1. The van der Waals surface area contributed by atoms with E-state index >= 15 is 0 Å². The van der Waals surface area contributed by atoms with Crippen LogP contribution in [-0.4, -0.2) is 40.3 Å². The first-order valence-corrected chi connectivity index (χ1v) is 10.5. The number of ether oxygens (including phenoxy) is 2. The van der Waals surface area contributed by atoms with Crippen LogP contribution in [0, 0.1) is 6.92 Å². The SMILES string of the molecule is COc1ccc(C2(C(=O)Nc3ccc(OC)c(-n4nnnc4C)c3)CCCCC2)cc1. The van der Waals surface area contributed by atoms with E-state index in [0.29, 0.717) is 22.9 Å². The lowest BCUT2D eigenvalue weighted by molar-refractivity contribution is -0.122. The second-order valence-electron chi connectivity index (χ2n) is 7.85. The second kappa shape index (κ2) is 8.75. The van der Waals surface area contributed by atoms with Crippen molar-refractivity contribution in [3.8, 4) is 17.2 Å². The predicted molar refractivity (Wildman–Crippen MR) is 117 cm³/mol. The number of aromatic nitrogens is 4. The van der Waals surface area contributed by atoms with Gasteiger partial charge in [-0.1, -0.05) is 31.4 Å². The Balaban J connectivity index is 1.67. The Morgan fingerprint density at radius 3 is 2.39 bits per heavy atom. The topological polar surface area (TPSA) is 91.2 Å². The molecule has 2 aromatic carbocycles. The molecule has 1 N–H and O–H groups in total. The molecule has 1 amide bonds. The third-order valence-corrected chi connectivity index (χ3v) is 6.07. The van der Waals surface area contributed by atoms with Gasteiger partial charge in [-0.15, -0.1) is 5.10 Å². The highest BCUT2D eigenvalue weighted by molar-refractivity contribution is 5.99. The van der Waals surface area contributed by atoms with Crippen molar-refractivity contribution in [2.45, 2.75) is 44.4 Å². The van der Waals surface area contributed by atoms with Crippen LogP contribution in [0.1, 0.15) is 43.5 Å².